The molecule has 3 nitrogen and oxygen atoms in total. The van der Waals surface area contributed by atoms with Crippen molar-refractivity contribution in [2.75, 3.05) is 6.54 Å². The van der Waals surface area contributed by atoms with Gasteiger partial charge in [-0.2, -0.15) is 0 Å². The molecule has 0 radical (unpaired) electrons. The van der Waals surface area contributed by atoms with E-state index < -0.39 is 6.10 Å². The van der Waals surface area contributed by atoms with E-state index in [0.717, 1.165) is 5.56 Å². The molecule has 1 atom stereocenters. The second-order valence-corrected chi connectivity index (χ2v) is 3.56. The molecule has 0 bridgehead atoms. The van der Waals surface area contributed by atoms with E-state index in [1.807, 2.05) is 30.3 Å². The van der Waals surface area contributed by atoms with Crippen molar-refractivity contribution in [1.82, 2.24) is 5.32 Å². The van der Waals surface area contributed by atoms with Crippen LogP contribution in [0.5, 0.6) is 0 Å². The Bertz CT molecular complexity index is 335. The summed E-state index contributed by atoms with van der Waals surface area (Å²) in [6, 6.07) is 9.27. The van der Waals surface area contributed by atoms with Crippen molar-refractivity contribution in [1.29, 1.82) is 0 Å². The minimum atomic E-state index is -0.645. The number of amides is 1. The number of nitrogens with one attached hydrogen (secondary N) is 1. The fourth-order valence-corrected chi connectivity index (χ4v) is 1.33. The quantitative estimate of drug-likeness (QED) is 0.717. The maximum Gasteiger partial charge on any atom is 0.220 e. The van der Waals surface area contributed by atoms with Gasteiger partial charge in [0.2, 0.25) is 5.91 Å². The molecule has 0 saturated carbocycles. The molecule has 1 unspecified atom stereocenters. The Hall–Kier alpha value is -1.61. The normalized spacial score (nSPS) is 11.8. The van der Waals surface area contributed by atoms with Crippen LogP contribution in [0.4, 0.5) is 0 Å². The third-order valence-corrected chi connectivity index (χ3v) is 2.25. The molecule has 0 fully saturated rings. The molecule has 1 rings (SSSR count). The first kappa shape index (κ1) is 12.5. The number of aliphatic hydroxyl groups excluding tert-OH is 1. The van der Waals surface area contributed by atoms with Gasteiger partial charge >= 0.3 is 0 Å². The van der Waals surface area contributed by atoms with E-state index in [-0.39, 0.29) is 12.5 Å². The molecule has 0 aromatic heterocycles. The van der Waals surface area contributed by atoms with Crippen LogP contribution >= 0.6 is 0 Å². The first-order chi connectivity index (χ1) is 7.74. The van der Waals surface area contributed by atoms with Crippen LogP contribution in [0.1, 0.15) is 24.5 Å². The van der Waals surface area contributed by atoms with Gasteiger partial charge in [0.1, 0.15) is 0 Å². The number of benzene rings is 1. The fraction of sp³-hybridized carbons (Fsp3) is 0.308. The molecular formula is C13H17NO2. The summed E-state index contributed by atoms with van der Waals surface area (Å²) in [5.74, 6) is -0.0603. The van der Waals surface area contributed by atoms with Gasteiger partial charge in [-0.1, -0.05) is 36.4 Å². The molecule has 0 aliphatic rings. The maximum atomic E-state index is 11.3. The Kier molecular flexibility index (Phi) is 5.29. The number of hydrogen-bond acceptors (Lipinski definition) is 2. The van der Waals surface area contributed by atoms with E-state index >= 15 is 0 Å². The molecule has 16 heavy (non-hydrogen) atoms. The van der Waals surface area contributed by atoms with E-state index in [0.29, 0.717) is 12.8 Å². The van der Waals surface area contributed by atoms with Crippen molar-refractivity contribution in [3.63, 3.8) is 0 Å². The van der Waals surface area contributed by atoms with E-state index in [1.54, 1.807) is 6.08 Å². The minimum Gasteiger partial charge on any atom is -0.387 e. The molecule has 0 aliphatic carbocycles. The minimum absolute atomic E-state index is 0.0603. The molecule has 3 heteroatoms. The molecular weight excluding hydrogens is 202 g/mol. The summed E-state index contributed by atoms with van der Waals surface area (Å²) < 4.78 is 0. The summed E-state index contributed by atoms with van der Waals surface area (Å²) >= 11 is 0. The Balaban J connectivity index is 2.33. The Labute approximate surface area is 95.8 Å². The predicted molar refractivity (Wildman–Crippen MR) is 63.8 cm³/mol. The fourth-order valence-electron chi connectivity index (χ4n) is 1.33. The Morgan fingerprint density at radius 3 is 2.75 bits per heavy atom. The van der Waals surface area contributed by atoms with Crippen LogP contribution in [0, 0.1) is 0 Å². The number of allylic oxidation sites excluding steroid dienone is 1. The highest BCUT2D eigenvalue weighted by atomic mass is 16.3. The molecule has 1 amide bonds. The van der Waals surface area contributed by atoms with E-state index in [1.165, 1.54) is 0 Å². The Morgan fingerprint density at radius 1 is 1.44 bits per heavy atom. The predicted octanol–water partition coefficient (Wildman–Crippen LogP) is 1.80. The summed E-state index contributed by atoms with van der Waals surface area (Å²) in [5.41, 5.74) is 0.812. The summed E-state index contributed by atoms with van der Waals surface area (Å²) in [7, 11) is 0. The van der Waals surface area contributed by atoms with Crippen molar-refractivity contribution in [3.05, 3.63) is 48.6 Å². The van der Waals surface area contributed by atoms with Crippen molar-refractivity contribution in [3.8, 4) is 0 Å². The van der Waals surface area contributed by atoms with Gasteiger partial charge in [0, 0.05) is 13.0 Å². The van der Waals surface area contributed by atoms with Crippen LogP contribution in [-0.4, -0.2) is 17.6 Å². The number of aliphatic hydroxyl groups is 1. The van der Waals surface area contributed by atoms with Crippen LogP contribution in [0.2, 0.25) is 0 Å². The lowest BCUT2D eigenvalue weighted by atomic mass is 10.1. The Morgan fingerprint density at radius 2 is 2.12 bits per heavy atom. The van der Waals surface area contributed by atoms with Crippen LogP contribution < -0.4 is 5.32 Å². The zero-order valence-electron chi connectivity index (χ0n) is 9.23. The number of rotatable bonds is 6. The van der Waals surface area contributed by atoms with Gasteiger partial charge in [-0.05, 0) is 12.0 Å². The van der Waals surface area contributed by atoms with Crippen LogP contribution in [0.15, 0.2) is 43.0 Å². The number of carbonyl (C=O) groups excluding carboxylic acids is 1. The number of carbonyl (C=O) groups is 1. The second kappa shape index (κ2) is 6.80. The lowest BCUT2D eigenvalue weighted by Crippen LogP contribution is -2.27. The maximum absolute atomic E-state index is 11.3. The highest BCUT2D eigenvalue weighted by Gasteiger charge is 2.08. The third-order valence-electron chi connectivity index (χ3n) is 2.25. The standard InChI is InChI=1S/C13H17NO2/c1-2-3-9-13(16)14-10-12(15)11-7-5-4-6-8-11/h2,4-8,12,15H,1,3,9-10H2,(H,14,16). The number of hydrogen-bond donors (Lipinski definition) is 2. The summed E-state index contributed by atoms with van der Waals surface area (Å²) in [6.07, 6.45) is 2.14. The third kappa shape index (κ3) is 4.28. The highest BCUT2D eigenvalue weighted by molar-refractivity contribution is 5.76. The zero-order valence-corrected chi connectivity index (χ0v) is 9.23. The molecule has 0 saturated heterocycles. The molecule has 2 N–H and O–H groups in total. The van der Waals surface area contributed by atoms with Gasteiger partial charge in [0.25, 0.3) is 0 Å². The molecule has 1 aromatic rings. The second-order valence-electron chi connectivity index (χ2n) is 3.56. The largest absolute Gasteiger partial charge is 0.387 e. The molecule has 0 heterocycles. The topological polar surface area (TPSA) is 49.3 Å². The van der Waals surface area contributed by atoms with Crippen molar-refractivity contribution in [2.45, 2.75) is 18.9 Å². The average Bonchev–Trinajstić information content (AvgIpc) is 2.34. The van der Waals surface area contributed by atoms with E-state index in [9.17, 15) is 9.90 Å². The van der Waals surface area contributed by atoms with E-state index in [4.69, 9.17) is 0 Å². The smallest absolute Gasteiger partial charge is 0.220 e. The first-order valence-corrected chi connectivity index (χ1v) is 5.34. The average molecular weight is 219 g/mol. The molecule has 0 aliphatic heterocycles. The van der Waals surface area contributed by atoms with Crippen molar-refractivity contribution in [2.24, 2.45) is 0 Å². The summed E-state index contributed by atoms with van der Waals surface area (Å²) in [4.78, 5) is 11.3. The first-order valence-electron chi connectivity index (χ1n) is 5.34. The molecule has 0 spiro atoms. The monoisotopic (exact) mass is 219 g/mol. The van der Waals surface area contributed by atoms with Gasteiger partial charge in [-0.25, -0.2) is 0 Å². The van der Waals surface area contributed by atoms with Crippen LogP contribution in [0.25, 0.3) is 0 Å². The molecule has 1 aromatic carbocycles. The SMILES string of the molecule is C=CCCC(=O)NCC(O)c1ccccc1. The van der Waals surface area contributed by atoms with Crippen molar-refractivity contribution < 1.29 is 9.90 Å². The van der Waals surface area contributed by atoms with Gasteiger partial charge in [-0.3, -0.25) is 4.79 Å². The van der Waals surface area contributed by atoms with Gasteiger partial charge in [0.15, 0.2) is 0 Å². The van der Waals surface area contributed by atoms with Gasteiger partial charge in [0.05, 0.1) is 6.10 Å². The molecule has 86 valence electrons. The summed E-state index contributed by atoms with van der Waals surface area (Å²) in [5, 5.41) is 12.4. The van der Waals surface area contributed by atoms with Gasteiger partial charge in [-0.15, -0.1) is 6.58 Å². The lowest BCUT2D eigenvalue weighted by Gasteiger charge is -2.11. The zero-order chi connectivity index (χ0) is 11.8. The van der Waals surface area contributed by atoms with Crippen LogP contribution in [0.3, 0.4) is 0 Å². The van der Waals surface area contributed by atoms with Crippen molar-refractivity contribution >= 4 is 5.91 Å². The van der Waals surface area contributed by atoms with E-state index in [2.05, 4.69) is 11.9 Å². The highest BCUT2D eigenvalue weighted by Crippen LogP contribution is 2.10. The van der Waals surface area contributed by atoms with Gasteiger partial charge < -0.3 is 10.4 Å². The lowest BCUT2D eigenvalue weighted by molar-refractivity contribution is -0.121. The van der Waals surface area contributed by atoms with Crippen LogP contribution in [-0.2, 0) is 4.79 Å². The summed E-state index contributed by atoms with van der Waals surface area (Å²) in [6.45, 7) is 3.80.